The van der Waals surface area contributed by atoms with Crippen LogP contribution in [0.2, 0.25) is 0 Å². The number of alkyl halides is 3. The van der Waals surface area contributed by atoms with Gasteiger partial charge in [0.25, 0.3) is 0 Å². The molecule has 2 aromatic carbocycles. The second-order valence-electron chi connectivity index (χ2n) is 6.04. The standard InChI is InChI=1S/C19H16F3N3S.BrH/c20-19(21,22)26-14-8-7-13-6-5-12-3-1-2-4-15(12)17(16(13)11-14)25-18-23-9-10-24-18;/h1-8,11,17H,9-10H2,(H2,23,24,25);1H. The highest BCUT2D eigenvalue weighted by atomic mass is 79.9. The van der Waals surface area contributed by atoms with E-state index in [9.17, 15) is 13.2 Å². The van der Waals surface area contributed by atoms with Crippen LogP contribution in [0.15, 0.2) is 52.4 Å². The van der Waals surface area contributed by atoms with E-state index in [1.165, 1.54) is 6.07 Å². The first-order chi connectivity index (χ1) is 12.5. The average Bonchev–Trinajstić information content (AvgIpc) is 3.05. The van der Waals surface area contributed by atoms with Crippen molar-refractivity contribution >= 4 is 46.9 Å². The van der Waals surface area contributed by atoms with E-state index < -0.39 is 5.51 Å². The van der Waals surface area contributed by atoms with Crippen LogP contribution in [-0.2, 0) is 0 Å². The number of guanidine groups is 1. The second-order valence-corrected chi connectivity index (χ2v) is 7.17. The largest absolute Gasteiger partial charge is 0.446 e. The molecule has 3 nitrogen and oxygen atoms in total. The van der Waals surface area contributed by atoms with Crippen molar-refractivity contribution in [2.45, 2.75) is 16.4 Å². The van der Waals surface area contributed by atoms with Crippen molar-refractivity contribution in [3.05, 3.63) is 64.7 Å². The maximum Gasteiger partial charge on any atom is 0.446 e. The molecule has 142 valence electrons. The number of thioether (sulfide) groups is 1. The molecule has 0 amide bonds. The first-order valence-electron chi connectivity index (χ1n) is 8.21. The molecular formula is C19H17BrF3N3S. The van der Waals surface area contributed by atoms with E-state index in [2.05, 4.69) is 15.6 Å². The normalized spacial score (nSPS) is 17.7. The van der Waals surface area contributed by atoms with Crippen LogP contribution in [0, 0.1) is 0 Å². The summed E-state index contributed by atoms with van der Waals surface area (Å²) < 4.78 is 38.5. The Hall–Kier alpha value is -1.93. The van der Waals surface area contributed by atoms with Gasteiger partial charge in [0.2, 0.25) is 0 Å². The number of nitrogens with one attached hydrogen (secondary N) is 2. The quantitative estimate of drug-likeness (QED) is 0.625. The van der Waals surface area contributed by atoms with E-state index in [1.807, 2.05) is 36.4 Å². The third kappa shape index (κ3) is 4.50. The van der Waals surface area contributed by atoms with Crippen LogP contribution in [0.3, 0.4) is 0 Å². The van der Waals surface area contributed by atoms with Gasteiger partial charge in [-0.25, -0.2) is 0 Å². The molecular weight excluding hydrogens is 439 g/mol. The van der Waals surface area contributed by atoms with Gasteiger partial charge in [0, 0.05) is 11.4 Å². The fraction of sp³-hybridized carbons (Fsp3) is 0.211. The van der Waals surface area contributed by atoms with Gasteiger partial charge in [0.15, 0.2) is 5.96 Å². The highest BCUT2D eigenvalue weighted by molar-refractivity contribution is 8.93. The van der Waals surface area contributed by atoms with Crippen molar-refractivity contribution < 1.29 is 13.2 Å². The molecule has 0 radical (unpaired) electrons. The molecule has 1 heterocycles. The van der Waals surface area contributed by atoms with Gasteiger partial charge >= 0.3 is 5.51 Å². The lowest BCUT2D eigenvalue weighted by Crippen LogP contribution is -2.37. The minimum Gasteiger partial charge on any atom is -0.355 e. The third-order valence-electron chi connectivity index (χ3n) is 4.31. The summed E-state index contributed by atoms with van der Waals surface area (Å²) in [5, 5.41) is 6.54. The van der Waals surface area contributed by atoms with Gasteiger partial charge < -0.3 is 10.6 Å². The summed E-state index contributed by atoms with van der Waals surface area (Å²) in [7, 11) is 0. The Labute approximate surface area is 169 Å². The van der Waals surface area contributed by atoms with Crippen molar-refractivity contribution in [1.29, 1.82) is 0 Å². The van der Waals surface area contributed by atoms with Gasteiger partial charge in [-0.2, -0.15) is 13.2 Å². The summed E-state index contributed by atoms with van der Waals surface area (Å²) in [5.41, 5.74) is -0.578. The molecule has 1 unspecified atom stereocenters. The first kappa shape index (κ1) is 19.8. The van der Waals surface area contributed by atoms with Crippen LogP contribution in [0.1, 0.15) is 28.3 Å². The monoisotopic (exact) mass is 455 g/mol. The fourth-order valence-electron chi connectivity index (χ4n) is 3.21. The van der Waals surface area contributed by atoms with Gasteiger partial charge in [-0.3, -0.25) is 4.99 Å². The SMILES string of the molecule is Br.FC(F)(F)Sc1ccc2c(c1)C(NC1=NCCN1)c1ccccc1C=C2. The van der Waals surface area contributed by atoms with Crippen LogP contribution in [-0.4, -0.2) is 24.6 Å². The molecule has 0 spiro atoms. The van der Waals surface area contributed by atoms with Crippen LogP contribution in [0.25, 0.3) is 12.2 Å². The minimum absolute atomic E-state index is 0. The smallest absolute Gasteiger partial charge is 0.355 e. The van der Waals surface area contributed by atoms with E-state index in [-0.39, 0.29) is 39.7 Å². The lowest BCUT2D eigenvalue weighted by Gasteiger charge is -2.23. The van der Waals surface area contributed by atoms with Crippen LogP contribution < -0.4 is 10.6 Å². The van der Waals surface area contributed by atoms with E-state index in [1.54, 1.807) is 12.1 Å². The zero-order valence-corrected chi connectivity index (χ0v) is 16.6. The summed E-state index contributed by atoms with van der Waals surface area (Å²) in [4.78, 5) is 4.55. The number of rotatable bonds is 2. The Kier molecular flexibility index (Phi) is 5.86. The summed E-state index contributed by atoms with van der Waals surface area (Å²) in [6, 6.07) is 12.5. The molecule has 0 fully saturated rings. The van der Waals surface area contributed by atoms with Gasteiger partial charge in [0.05, 0.1) is 12.6 Å². The predicted molar refractivity (Wildman–Crippen MR) is 109 cm³/mol. The highest BCUT2D eigenvalue weighted by Gasteiger charge is 2.30. The number of nitrogens with zero attached hydrogens (tertiary/aromatic N) is 1. The van der Waals surface area contributed by atoms with Gasteiger partial charge in [-0.05, 0) is 46.1 Å². The minimum atomic E-state index is -4.31. The van der Waals surface area contributed by atoms with Crippen LogP contribution in [0.4, 0.5) is 13.2 Å². The van der Waals surface area contributed by atoms with Crippen molar-refractivity contribution in [3.63, 3.8) is 0 Å². The summed E-state index contributed by atoms with van der Waals surface area (Å²) >= 11 is -0.0913. The van der Waals surface area contributed by atoms with Gasteiger partial charge in [-0.15, -0.1) is 17.0 Å². The maximum absolute atomic E-state index is 12.8. The number of hydrogen-bond donors (Lipinski definition) is 2. The molecule has 2 aliphatic rings. The van der Waals surface area contributed by atoms with Crippen molar-refractivity contribution in [1.82, 2.24) is 10.6 Å². The van der Waals surface area contributed by atoms with E-state index in [4.69, 9.17) is 0 Å². The van der Waals surface area contributed by atoms with Crippen LogP contribution >= 0.6 is 28.7 Å². The van der Waals surface area contributed by atoms with Crippen molar-refractivity contribution in [3.8, 4) is 0 Å². The zero-order valence-electron chi connectivity index (χ0n) is 14.1. The second kappa shape index (κ2) is 7.98. The highest BCUT2D eigenvalue weighted by Crippen LogP contribution is 2.40. The number of halogens is 4. The van der Waals surface area contributed by atoms with Crippen molar-refractivity contribution in [2.75, 3.05) is 13.1 Å². The Morgan fingerprint density at radius 3 is 2.48 bits per heavy atom. The molecule has 1 aliphatic carbocycles. The number of aliphatic imine (C=N–C) groups is 1. The molecule has 8 heteroatoms. The molecule has 0 saturated carbocycles. The lowest BCUT2D eigenvalue weighted by molar-refractivity contribution is -0.0328. The molecule has 1 atom stereocenters. The van der Waals surface area contributed by atoms with Gasteiger partial charge in [0.1, 0.15) is 0 Å². The molecule has 2 aromatic rings. The first-order valence-corrected chi connectivity index (χ1v) is 9.03. The molecule has 1 aliphatic heterocycles. The van der Waals surface area contributed by atoms with Crippen molar-refractivity contribution in [2.24, 2.45) is 4.99 Å². The summed E-state index contributed by atoms with van der Waals surface area (Å²) in [6.45, 7) is 1.44. The zero-order chi connectivity index (χ0) is 18.1. The summed E-state index contributed by atoms with van der Waals surface area (Å²) in [6.07, 6.45) is 3.94. The molecule has 0 bridgehead atoms. The molecule has 4 rings (SSSR count). The Morgan fingerprint density at radius 1 is 1.04 bits per heavy atom. The average molecular weight is 456 g/mol. The van der Waals surface area contributed by atoms with Crippen LogP contribution in [0.5, 0.6) is 0 Å². The third-order valence-corrected chi connectivity index (χ3v) is 5.03. The van der Waals surface area contributed by atoms with E-state index >= 15 is 0 Å². The summed E-state index contributed by atoms with van der Waals surface area (Å²) in [5.74, 6) is 0.673. The van der Waals surface area contributed by atoms with E-state index in [0.29, 0.717) is 12.5 Å². The number of benzene rings is 2. The number of fused-ring (bicyclic) bond motifs is 2. The Bertz CT molecular complexity index is 896. The predicted octanol–water partition coefficient (Wildman–Crippen LogP) is 5.00. The van der Waals surface area contributed by atoms with E-state index in [0.717, 1.165) is 28.8 Å². The number of hydrogen-bond acceptors (Lipinski definition) is 4. The molecule has 27 heavy (non-hydrogen) atoms. The lowest BCUT2D eigenvalue weighted by atomic mass is 9.94. The fourth-order valence-corrected chi connectivity index (χ4v) is 3.80. The molecule has 0 saturated heterocycles. The molecule has 2 N–H and O–H groups in total. The van der Waals surface area contributed by atoms with Gasteiger partial charge in [-0.1, -0.05) is 42.5 Å². The Morgan fingerprint density at radius 2 is 1.78 bits per heavy atom. The topological polar surface area (TPSA) is 36.4 Å². The Balaban J connectivity index is 0.00000210. The molecule has 0 aromatic heterocycles. The maximum atomic E-state index is 12.8.